The summed E-state index contributed by atoms with van der Waals surface area (Å²) in [6.45, 7) is 2.19. The quantitative estimate of drug-likeness (QED) is 0.900. The first kappa shape index (κ1) is 13.2. The maximum absolute atomic E-state index is 6.33. The number of hydrogen-bond acceptors (Lipinski definition) is 3. The van der Waals surface area contributed by atoms with Gasteiger partial charge in [0.1, 0.15) is 0 Å². The summed E-state index contributed by atoms with van der Waals surface area (Å²) in [7, 11) is 0. The van der Waals surface area contributed by atoms with E-state index in [4.69, 9.17) is 5.73 Å². The van der Waals surface area contributed by atoms with Crippen molar-refractivity contribution in [2.24, 2.45) is 5.73 Å². The summed E-state index contributed by atoms with van der Waals surface area (Å²) < 4.78 is 2.17. The molecule has 0 spiro atoms. The van der Waals surface area contributed by atoms with Crippen LogP contribution in [0.5, 0.6) is 0 Å². The van der Waals surface area contributed by atoms with Gasteiger partial charge in [-0.2, -0.15) is 11.8 Å². The van der Waals surface area contributed by atoms with Crippen molar-refractivity contribution in [3.63, 3.8) is 0 Å². The van der Waals surface area contributed by atoms with Crippen molar-refractivity contribution < 1.29 is 0 Å². The van der Waals surface area contributed by atoms with Crippen molar-refractivity contribution in [1.82, 2.24) is 9.55 Å². The number of nitrogens with zero attached hydrogens (tertiary/aromatic N) is 2. The van der Waals surface area contributed by atoms with Gasteiger partial charge in [-0.05, 0) is 18.7 Å². The maximum Gasteiger partial charge on any atom is 0.0951 e. The highest BCUT2D eigenvalue weighted by Gasteiger charge is 2.16. The van der Waals surface area contributed by atoms with Gasteiger partial charge < -0.3 is 10.3 Å². The molecule has 0 amide bonds. The SMILES string of the molecule is CSCC(C)n1cncc1C(N)c1ccccc1. The Balaban J connectivity index is 2.26. The number of benzene rings is 1. The number of rotatable bonds is 5. The van der Waals surface area contributed by atoms with Crippen molar-refractivity contribution in [2.45, 2.75) is 19.0 Å². The fourth-order valence-corrected chi connectivity index (χ4v) is 2.72. The lowest BCUT2D eigenvalue weighted by Gasteiger charge is -2.19. The van der Waals surface area contributed by atoms with E-state index < -0.39 is 0 Å². The molecule has 4 heteroatoms. The molecule has 0 bridgehead atoms. The van der Waals surface area contributed by atoms with Gasteiger partial charge in [-0.1, -0.05) is 30.3 Å². The first-order valence-electron chi connectivity index (χ1n) is 6.05. The predicted molar refractivity (Wildman–Crippen MR) is 77.8 cm³/mol. The molecule has 0 aliphatic rings. The van der Waals surface area contributed by atoms with Crippen LogP contribution in [-0.2, 0) is 0 Å². The average Bonchev–Trinajstić information content (AvgIpc) is 2.88. The highest BCUT2D eigenvalue weighted by molar-refractivity contribution is 7.98. The fraction of sp³-hybridized carbons (Fsp3) is 0.357. The van der Waals surface area contributed by atoms with Crippen LogP contribution in [0.4, 0.5) is 0 Å². The Morgan fingerprint density at radius 3 is 2.72 bits per heavy atom. The third-order valence-electron chi connectivity index (χ3n) is 3.06. The van der Waals surface area contributed by atoms with E-state index >= 15 is 0 Å². The van der Waals surface area contributed by atoms with Crippen molar-refractivity contribution >= 4 is 11.8 Å². The second-order valence-electron chi connectivity index (χ2n) is 4.42. The Bertz CT molecular complexity index is 481. The van der Waals surface area contributed by atoms with Gasteiger partial charge in [-0.3, -0.25) is 0 Å². The number of aromatic nitrogens is 2. The van der Waals surface area contributed by atoms with Crippen LogP contribution in [0.1, 0.15) is 30.3 Å². The van der Waals surface area contributed by atoms with E-state index in [0.29, 0.717) is 6.04 Å². The minimum atomic E-state index is -0.113. The number of imidazole rings is 1. The van der Waals surface area contributed by atoms with Gasteiger partial charge in [0.25, 0.3) is 0 Å². The van der Waals surface area contributed by atoms with Gasteiger partial charge in [0.05, 0.1) is 24.3 Å². The largest absolute Gasteiger partial charge is 0.329 e. The second kappa shape index (κ2) is 6.07. The van der Waals surface area contributed by atoms with E-state index in [9.17, 15) is 0 Å². The van der Waals surface area contributed by atoms with Crippen molar-refractivity contribution in [3.8, 4) is 0 Å². The monoisotopic (exact) mass is 261 g/mol. The summed E-state index contributed by atoms with van der Waals surface area (Å²) in [4.78, 5) is 4.25. The first-order valence-corrected chi connectivity index (χ1v) is 7.44. The molecule has 0 aliphatic carbocycles. The van der Waals surface area contributed by atoms with Crippen molar-refractivity contribution in [3.05, 3.63) is 54.1 Å². The van der Waals surface area contributed by atoms with Crippen LogP contribution in [0.25, 0.3) is 0 Å². The Kier molecular flexibility index (Phi) is 4.44. The highest BCUT2D eigenvalue weighted by Crippen LogP contribution is 2.23. The molecular weight excluding hydrogens is 242 g/mol. The molecule has 0 radical (unpaired) electrons. The predicted octanol–water partition coefficient (Wildman–Crippen LogP) is 2.86. The molecule has 2 rings (SSSR count). The molecule has 18 heavy (non-hydrogen) atoms. The smallest absolute Gasteiger partial charge is 0.0951 e. The number of hydrogen-bond donors (Lipinski definition) is 1. The topological polar surface area (TPSA) is 43.8 Å². The molecule has 1 aromatic carbocycles. The molecule has 0 fully saturated rings. The van der Waals surface area contributed by atoms with Crippen LogP contribution >= 0.6 is 11.8 Å². The molecule has 0 saturated heterocycles. The van der Waals surface area contributed by atoms with Gasteiger partial charge in [0.2, 0.25) is 0 Å². The third kappa shape index (κ3) is 2.76. The summed E-state index contributed by atoms with van der Waals surface area (Å²) in [6.07, 6.45) is 5.86. The molecule has 3 nitrogen and oxygen atoms in total. The van der Waals surface area contributed by atoms with E-state index in [1.807, 2.05) is 42.5 Å². The van der Waals surface area contributed by atoms with Gasteiger partial charge in [-0.25, -0.2) is 4.98 Å². The molecule has 1 aromatic heterocycles. The lowest BCUT2D eigenvalue weighted by atomic mass is 10.1. The molecule has 96 valence electrons. The zero-order chi connectivity index (χ0) is 13.0. The Morgan fingerprint density at radius 1 is 1.33 bits per heavy atom. The van der Waals surface area contributed by atoms with Crippen LogP contribution in [0.2, 0.25) is 0 Å². The van der Waals surface area contributed by atoms with E-state index in [0.717, 1.165) is 17.0 Å². The molecule has 0 saturated carbocycles. The zero-order valence-corrected chi connectivity index (χ0v) is 11.6. The molecule has 2 aromatic rings. The summed E-state index contributed by atoms with van der Waals surface area (Å²) in [5, 5.41) is 0. The van der Waals surface area contributed by atoms with E-state index in [2.05, 4.69) is 34.9 Å². The summed E-state index contributed by atoms with van der Waals surface area (Å²) >= 11 is 1.83. The summed E-state index contributed by atoms with van der Waals surface area (Å²) in [5.74, 6) is 1.06. The van der Waals surface area contributed by atoms with Crippen LogP contribution in [-0.4, -0.2) is 21.6 Å². The number of thioether (sulfide) groups is 1. The minimum Gasteiger partial charge on any atom is -0.329 e. The molecule has 0 aliphatic heterocycles. The van der Waals surface area contributed by atoms with Gasteiger partial charge in [0.15, 0.2) is 0 Å². The van der Waals surface area contributed by atoms with Crippen LogP contribution < -0.4 is 5.73 Å². The Labute approximate surface area is 112 Å². The summed E-state index contributed by atoms with van der Waals surface area (Å²) in [5.41, 5.74) is 8.52. The third-order valence-corrected chi connectivity index (χ3v) is 3.87. The molecule has 2 unspecified atom stereocenters. The Morgan fingerprint density at radius 2 is 2.06 bits per heavy atom. The Hall–Kier alpha value is -1.26. The van der Waals surface area contributed by atoms with Crippen molar-refractivity contribution in [2.75, 3.05) is 12.0 Å². The van der Waals surface area contributed by atoms with Crippen LogP contribution in [0.3, 0.4) is 0 Å². The van der Waals surface area contributed by atoms with Crippen LogP contribution in [0, 0.1) is 0 Å². The van der Waals surface area contributed by atoms with Gasteiger partial charge in [-0.15, -0.1) is 0 Å². The molecule has 2 N–H and O–H groups in total. The zero-order valence-electron chi connectivity index (χ0n) is 10.8. The second-order valence-corrected chi connectivity index (χ2v) is 5.33. The molecular formula is C14H19N3S. The minimum absolute atomic E-state index is 0.113. The van der Waals surface area contributed by atoms with Gasteiger partial charge >= 0.3 is 0 Å². The van der Waals surface area contributed by atoms with Crippen LogP contribution in [0.15, 0.2) is 42.9 Å². The van der Waals surface area contributed by atoms with E-state index in [-0.39, 0.29) is 6.04 Å². The lowest BCUT2D eigenvalue weighted by Crippen LogP contribution is -2.19. The average molecular weight is 261 g/mol. The van der Waals surface area contributed by atoms with E-state index in [1.54, 1.807) is 0 Å². The van der Waals surface area contributed by atoms with Crippen molar-refractivity contribution in [1.29, 1.82) is 0 Å². The normalized spacial score (nSPS) is 14.4. The maximum atomic E-state index is 6.33. The lowest BCUT2D eigenvalue weighted by molar-refractivity contribution is 0.568. The summed E-state index contributed by atoms with van der Waals surface area (Å²) in [6, 6.07) is 10.4. The number of nitrogens with two attached hydrogens (primary N) is 1. The van der Waals surface area contributed by atoms with E-state index in [1.165, 1.54) is 0 Å². The van der Waals surface area contributed by atoms with Gasteiger partial charge in [0, 0.05) is 11.8 Å². The standard InChI is InChI=1S/C14H19N3S/c1-11(9-18-2)17-10-16-8-13(17)14(15)12-6-4-3-5-7-12/h3-8,10-11,14H,9,15H2,1-2H3. The fourth-order valence-electron chi connectivity index (χ4n) is 2.08. The molecule has 1 heterocycles. The highest BCUT2D eigenvalue weighted by atomic mass is 32.2. The first-order chi connectivity index (χ1) is 8.74. The molecule has 2 atom stereocenters.